The number of aromatic hydroxyl groups is 4. The Hall–Kier alpha value is -2.80. The maximum absolute atomic E-state index is 10.9. The summed E-state index contributed by atoms with van der Waals surface area (Å²) in [7, 11) is 0. The van der Waals surface area contributed by atoms with Gasteiger partial charge in [0.05, 0.1) is 29.3 Å². The van der Waals surface area contributed by atoms with Gasteiger partial charge in [-0.05, 0) is 13.8 Å². The summed E-state index contributed by atoms with van der Waals surface area (Å²) in [4.78, 5) is 4.70. The highest BCUT2D eigenvalue weighted by Crippen LogP contribution is 2.64. The van der Waals surface area contributed by atoms with Gasteiger partial charge in [0.1, 0.15) is 26.4 Å². The predicted molar refractivity (Wildman–Crippen MR) is 132 cm³/mol. The van der Waals surface area contributed by atoms with Crippen molar-refractivity contribution in [2.45, 2.75) is 13.8 Å². The van der Waals surface area contributed by atoms with Gasteiger partial charge in [-0.3, -0.25) is 0 Å². The monoisotopic (exact) mass is 538 g/mol. The third-order valence-electron chi connectivity index (χ3n) is 5.47. The van der Waals surface area contributed by atoms with Crippen LogP contribution in [0.25, 0.3) is 29.3 Å². The molecule has 0 spiro atoms. The van der Waals surface area contributed by atoms with Gasteiger partial charge in [-0.25, -0.2) is 0 Å². The van der Waals surface area contributed by atoms with Crippen molar-refractivity contribution < 1.29 is 39.4 Å². The number of hydrogen-bond acceptors (Lipinski definition) is 12. The molecule has 0 saturated carbocycles. The van der Waals surface area contributed by atoms with Crippen molar-refractivity contribution in [1.82, 2.24) is 0 Å². The third kappa shape index (κ3) is 3.05. The van der Waals surface area contributed by atoms with E-state index in [0.29, 0.717) is 83.6 Å². The Morgan fingerprint density at radius 2 is 0.794 bits per heavy atom. The van der Waals surface area contributed by atoms with Gasteiger partial charge in [0.2, 0.25) is 0 Å². The molecule has 0 aromatic carbocycles. The van der Waals surface area contributed by atoms with E-state index in [1.807, 2.05) is 6.92 Å². The minimum Gasteiger partial charge on any atom is -0.503 e. The van der Waals surface area contributed by atoms with Crippen LogP contribution in [0.5, 0.6) is 46.0 Å². The van der Waals surface area contributed by atoms with Crippen LogP contribution >= 0.6 is 45.3 Å². The molecule has 0 fully saturated rings. The van der Waals surface area contributed by atoms with Gasteiger partial charge in [0.25, 0.3) is 0 Å². The van der Waals surface area contributed by atoms with Crippen molar-refractivity contribution in [3.63, 3.8) is 0 Å². The Balaban J connectivity index is 1.53. The van der Waals surface area contributed by atoms with Crippen LogP contribution in [-0.4, -0.2) is 46.9 Å². The van der Waals surface area contributed by atoms with Crippen molar-refractivity contribution in [3.05, 3.63) is 9.75 Å². The number of hydrogen-bond donors (Lipinski definition) is 4. The molecule has 0 amide bonds. The fourth-order valence-corrected chi connectivity index (χ4v) is 8.54. The van der Waals surface area contributed by atoms with Gasteiger partial charge >= 0.3 is 0 Å². The summed E-state index contributed by atoms with van der Waals surface area (Å²) < 4.78 is 23.4. The van der Waals surface area contributed by atoms with E-state index in [1.54, 1.807) is 6.92 Å². The topological polar surface area (TPSA) is 118 Å². The Labute approximate surface area is 209 Å². The summed E-state index contributed by atoms with van der Waals surface area (Å²) >= 11 is 5.14. The Bertz CT molecular complexity index is 1440. The molecule has 2 aliphatic rings. The van der Waals surface area contributed by atoms with E-state index < -0.39 is 0 Å². The maximum Gasteiger partial charge on any atom is 0.181 e. The molecule has 0 aliphatic carbocycles. The summed E-state index contributed by atoms with van der Waals surface area (Å²) in [5.74, 6) is 1.21. The Kier molecular flexibility index (Phi) is 5.03. The molecule has 6 heterocycles. The lowest BCUT2D eigenvalue weighted by Crippen LogP contribution is -2.14. The first-order valence-electron chi connectivity index (χ1n) is 10.2. The SMILES string of the molecule is Cc1sc(-c2sc(-c3sc(-c4sc(C)c5c4OCCO5)c(O)c3O)c3c2OCCO3)c(O)c1O. The van der Waals surface area contributed by atoms with Crippen molar-refractivity contribution in [2.24, 2.45) is 0 Å². The molecular formula is C22H18O8S4. The first-order chi connectivity index (χ1) is 16.4. The van der Waals surface area contributed by atoms with Crippen LogP contribution in [0.2, 0.25) is 0 Å². The molecule has 4 N–H and O–H groups in total. The number of aryl methyl sites for hydroxylation is 2. The van der Waals surface area contributed by atoms with Gasteiger partial charge in [-0.15, -0.1) is 45.3 Å². The van der Waals surface area contributed by atoms with Crippen LogP contribution < -0.4 is 18.9 Å². The molecule has 12 heteroatoms. The van der Waals surface area contributed by atoms with Crippen LogP contribution in [0.1, 0.15) is 9.75 Å². The average molecular weight is 539 g/mol. The predicted octanol–water partition coefficient (Wildman–Crippen LogP) is 5.92. The van der Waals surface area contributed by atoms with Gasteiger partial charge in [-0.1, -0.05) is 0 Å². The molecule has 4 aromatic rings. The highest BCUT2D eigenvalue weighted by atomic mass is 32.1. The van der Waals surface area contributed by atoms with E-state index in [4.69, 9.17) is 18.9 Å². The molecule has 4 aromatic heterocycles. The number of ether oxygens (including phenoxy) is 4. The zero-order valence-electron chi connectivity index (χ0n) is 17.9. The van der Waals surface area contributed by atoms with E-state index in [-0.39, 0.29) is 23.0 Å². The van der Waals surface area contributed by atoms with E-state index in [9.17, 15) is 20.4 Å². The minimum atomic E-state index is -0.268. The maximum atomic E-state index is 10.9. The van der Waals surface area contributed by atoms with E-state index in [2.05, 4.69) is 0 Å². The van der Waals surface area contributed by atoms with Gasteiger partial charge in [-0.2, -0.15) is 0 Å². The number of thiophene rings is 4. The fraction of sp³-hybridized carbons (Fsp3) is 0.273. The zero-order valence-corrected chi connectivity index (χ0v) is 21.1. The summed E-state index contributed by atoms with van der Waals surface area (Å²) in [6.45, 7) is 5.16. The second kappa shape index (κ2) is 7.87. The molecule has 2 aliphatic heterocycles. The molecule has 0 bridgehead atoms. The summed E-state index contributed by atoms with van der Waals surface area (Å²) in [6, 6.07) is 0. The standard InChI is InChI=1S/C22H18O8S4/c1-7-9(23)10(24)17(31-7)21-15-16(30-6-5-29-15)22(34-21)19-12(26)11(25)18(33-19)20-14-13(8(2)32-20)27-3-4-28-14/h23-26H,3-6H2,1-2H3. The summed E-state index contributed by atoms with van der Waals surface area (Å²) in [6.07, 6.45) is 0. The molecule has 0 radical (unpaired) electrons. The lowest BCUT2D eigenvalue weighted by molar-refractivity contribution is 0.173. The first kappa shape index (κ1) is 21.7. The van der Waals surface area contributed by atoms with Crippen molar-refractivity contribution in [2.75, 3.05) is 26.4 Å². The average Bonchev–Trinajstić information content (AvgIpc) is 3.54. The van der Waals surface area contributed by atoms with Crippen LogP contribution in [0.4, 0.5) is 0 Å². The van der Waals surface area contributed by atoms with E-state index >= 15 is 0 Å². The molecule has 178 valence electrons. The summed E-state index contributed by atoms with van der Waals surface area (Å²) in [5.41, 5.74) is 0. The molecular weight excluding hydrogens is 521 g/mol. The van der Waals surface area contributed by atoms with Crippen LogP contribution in [-0.2, 0) is 0 Å². The zero-order chi connectivity index (χ0) is 23.7. The lowest BCUT2D eigenvalue weighted by atomic mass is 10.2. The normalized spacial score (nSPS) is 14.5. The Morgan fingerprint density at radius 3 is 1.29 bits per heavy atom. The third-order valence-corrected chi connectivity index (χ3v) is 10.4. The highest BCUT2D eigenvalue weighted by molar-refractivity contribution is 7.29. The Morgan fingerprint density at radius 1 is 0.441 bits per heavy atom. The first-order valence-corrected chi connectivity index (χ1v) is 13.5. The van der Waals surface area contributed by atoms with Crippen LogP contribution in [0.15, 0.2) is 0 Å². The van der Waals surface area contributed by atoms with Gasteiger partial charge in [0.15, 0.2) is 46.0 Å². The number of fused-ring (bicyclic) bond motifs is 2. The molecule has 0 saturated heterocycles. The smallest absolute Gasteiger partial charge is 0.181 e. The largest absolute Gasteiger partial charge is 0.503 e. The van der Waals surface area contributed by atoms with E-state index in [0.717, 1.165) is 4.88 Å². The van der Waals surface area contributed by atoms with Crippen LogP contribution in [0, 0.1) is 13.8 Å². The van der Waals surface area contributed by atoms with E-state index in [1.165, 1.54) is 45.3 Å². The quantitative estimate of drug-likeness (QED) is 0.254. The van der Waals surface area contributed by atoms with Crippen molar-refractivity contribution in [1.29, 1.82) is 0 Å². The van der Waals surface area contributed by atoms with Crippen molar-refractivity contribution >= 4 is 45.3 Å². The summed E-state index contributed by atoms with van der Waals surface area (Å²) in [5, 5.41) is 42.4. The molecule has 0 atom stereocenters. The van der Waals surface area contributed by atoms with Gasteiger partial charge in [0, 0.05) is 9.75 Å². The van der Waals surface area contributed by atoms with Crippen molar-refractivity contribution in [3.8, 4) is 75.3 Å². The van der Waals surface area contributed by atoms with Gasteiger partial charge < -0.3 is 39.4 Å². The number of rotatable bonds is 3. The molecule has 0 unspecified atom stereocenters. The molecule has 34 heavy (non-hydrogen) atoms. The van der Waals surface area contributed by atoms with Crippen LogP contribution in [0.3, 0.4) is 0 Å². The lowest BCUT2D eigenvalue weighted by Gasteiger charge is -2.17. The second-order valence-electron chi connectivity index (χ2n) is 7.60. The second-order valence-corrected chi connectivity index (χ2v) is 12.1. The minimum absolute atomic E-state index is 0.167. The highest BCUT2D eigenvalue weighted by Gasteiger charge is 2.34. The fourth-order valence-electron chi connectivity index (χ4n) is 3.89. The molecule has 8 nitrogen and oxygen atoms in total. The molecule has 6 rings (SSSR count).